The van der Waals surface area contributed by atoms with Gasteiger partial charge in [-0.25, -0.2) is 4.57 Å². The van der Waals surface area contributed by atoms with Gasteiger partial charge in [-0.05, 0) is 30.2 Å². The molecule has 8 heteroatoms. The van der Waals surface area contributed by atoms with Crippen LogP contribution in [0.4, 0.5) is 0 Å². The minimum atomic E-state index is -4.60. The second-order valence-corrected chi connectivity index (χ2v) is 6.44. The first-order valence-corrected chi connectivity index (χ1v) is 8.44. The first-order valence-electron chi connectivity index (χ1n) is 6.83. The van der Waals surface area contributed by atoms with Gasteiger partial charge in [0, 0.05) is 18.2 Å². The highest BCUT2D eigenvalue weighted by atomic mass is 31.2. The zero-order valence-electron chi connectivity index (χ0n) is 12.0. The van der Waals surface area contributed by atoms with E-state index in [2.05, 4.69) is 0 Å². The van der Waals surface area contributed by atoms with Crippen LogP contribution in [0.1, 0.15) is 12.0 Å². The van der Waals surface area contributed by atoms with Crippen LogP contribution < -0.4 is 5.09 Å². The lowest BCUT2D eigenvalue weighted by atomic mass is 9.91. The third-order valence-corrected chi connectivity index (χ3v) is 3.85. The first-order chi connectivity index (χ1) is 10.7. The van der Waals surface area contributed by atoms with Crippen LogP contribution in [-0.4, -0.2) is 26.5 Å². The van der Waals surface area contributed by atoms with E-state index in [0.29, 0.717) is 6.42 Å². The molecule has 0 aliphatic heterocycles. The number of hydrogen-bond donors (Lipinski definition) is 4. The Hall–Kier alpha value is -2.21. The predicted molar refractivity (Wildman–Crippen MR) is 82.3 cm³/mol. The van der Waals surface area contributed by atoms with Gasteiger partial charge in [0.1, 0.15) is 11.5 Å². The van der Waals surface area contributed by atoms with Crippen molar-refractivity contribution in [3.8, 4) is 5.75 Å². The van der Waals surface area contributed by atoms with E-state index in [1.165, 1.54) is 24.3 Å². The van der Waals surface area contributed by atoms with Crippen molar-refractivity contribution >= 4 is 19.3 Å². The molecule has 122 valence electrons. The molecule has 1 unspecified atom stereocenters. The number of phenols is 1. The highest BCUT2D eigenvalue weighted by Crippen LogP contribution is 2.33. The molecule has 2 rings (SSSR count). The molecule has 0 saturated carbocycles. The summed E-state index contributed by atoms with van der Waals surface area (Å²) in [6.45, 7) is 0. The molecular formula is C15H16NO6P. The van der Waals surface area contributed by atoms with Crippen molar-refractivity contribution in [1.82, 2.24) is 5.09 Å². The Morgan fingerprint density at radius 2 is 1.87 bits per heavy atom. The Morgan fingerprint density at radius 3 is 2.48 bits per heavy atom. The van der Waals surface area contributed by atoms with Gasteiger partial charge in [-0.2, -0.15) is 0 Å². The van der Waals surface area contributed by atoms with Crippen molar-refractivity contribution in [2.45, 2.75) is 12.8 Å². The molecule has 1 atom stereocenters. The number of allylic oxidation sites excluding steroid dienone is 3. The summed E-state index contributed by atoms with van der Waals surface area (Å²) in [5.41, 5.74) is 0.752. The standard InChI is InChI=1S/C15H16NO6P/c17-11-4-1-10(2-5-11)3-8-15(19)13-7-6-12(18)9-14(13)16-23(20,21)22/h1-2,4-7,9,13,17H,3,8H2,(H3,16,20,21,22). The van der Waals surface area contributed by atoms with Gasteiger partial charge in [-0.1, -0.05) is 18.2 Å². The number of ketones is 2. The summed E-state index contributed by atoms with van der Waals surface area (Å²) in [5.74, 6) is -1.47. The molecule has 0 aromatic heterocycles. The number of aryl methyl sites for hydroxylation is 1. The summed E-state index contributed by atoms with van der Waals surface area (Å²) in [7, 11) is -4.60. The average Bonchev–Trinajstić information content (AvgIpc) is 2.45. The highest BCUT2D eigenvalue weighted by Gasteiger charge is 2.27. The summed E-state index contributed by atoms with van der Waals surface area (Å²) >= 11 is 0. The maximum absolute atomic E-state index is 12.3. The van der Waals surface area contributed by atoms with Crippen LogP contribution in [0.15, 0.2) is 48.2 Å². The van der Waals surface area contributed by atoms with E-state index in [9.17, 15) is 19.3 Å². The maximum Gasteiger partial charge on any atom is 0.427 e. The predicted octanol–water partition coefficient (Wildman–Crippen LogP) is 1.22. The minimum Gasteiger partial charge on any atom is -0.508 e. The van der Waals surface area contributed by atoms with Gasteiger partial charge in [0.05, 0.1) is 5.92 Å². The molecule has 4 N–H and O–H groups in total. The molecule has 0 fully saturated rings. The van der Waals surface area contributed by atoms with Gasteiger partial charge >= 0.3 is 7.75 Å². The summed E-state index contributed by atoms with van der Waals surface area (Å²) in [4.78, 5) is 41.6. The van der Waals surface area contributed by atoms with Crippen LogP contribution >= 0.6 is 7.75 Å². The number of carbonyl (C=O) groups is 2. The number of rotatable bonds is 6. The van der Waals surface area contributed by atoms with E-state index < -0.39 is 19.4 Å². The molecule has 23 heavy (non-hydrogen) atoms. The van der Waals surface area contributed by atoms with Gasteiger partial charge in [0.2, 0.25) is 0 Å². The van der Waals surface area contributed by atoms with Gasteiger partial charge in [-0.3, -0.25) is 14.7 Å². The van der Waals surface area contributed by atoms with Crippen LogP contribution in [0, 0.1) is 5.92 Å². The monoisotopic (exact) mass is 337 g/mol. The molecule has 1 aromatic rings. The topological polar surface area (TPSA) is 124 Å². The first kappa shape index (κ1) is 17.1. The van der Waals surface area contributed by atoms with Crippen LogP contribution in [0.2, 0.25) is 0 Å². The number of hydrogen-bond acceptors (Lipinski definition) is 4. The summed E-state index contributed by atoms with van der Waals surface area (Å²) in [5, 5.41) is 11.1. The maximum atomic E-state index is 12.3. The van der Waals surface area contributed by atoms with E-state index in [1.54, 1.807) is 12.1 Å². The van der Waals surface area contributed by atoms with Gasteiger partial charge in [0.15, 0.2) is 5.78 Å². The fourth-order valence-electron chi connectivity index (χ4n) is 2.22. The Kier molecular flexibility index (Phi) is 5.15. The lowest BCUT2D eigenvalue weighted by Gasteiger charge is -2.20. The Bertz CT molecular complexity index is 716. The average molecular weight is 337 g/mol. The number of aromatic hydroxyl groups is 1. The third-order valence-electron chi connectivity index (χ3n) is 3.30. The van der Waals surface area contributed by atoms with Crippen LogP contribution in [-0.2, 0) is 20.6 Å². The summed E-state index contributed by atoms with van der Waals surface area (Å²) in [6, 6.07) is 6.40. The lowest BCUT2D eigenvalue weighted by molar-refractivity contribution is -0.120. The van der Waals surface area contributed by atoms with Crippen molar-refractivity contribution in [1.29, 1.82) is 0 Å². The van der Waals surface area contributed by atoms with Crippen LogP contribution in [0.5, 0.6) is 5.75 Å². The van der Waals surface area contributed by atoms with E-state index in [0.717, 1.165) is 11.6 Å². The minimum absolute atomic E-state index is 0.0958. The molecule has 7 nitrogen and oxygen atoms in total. The molecule has 0 heterocycles. The molecule has 1 aliphatic rings. The van der Waals surface area contributed by atoms with Crippen LogP contribution in [0.25, 0.3) is 0 Å². The van der Waals surface area contributed by atoms with Gasteiger partial charge < -0.3 is 14.9 Å². The summed E-state index contributed by atoms with van der Waals surface area (Å²) < 4.78 is 11.1. The smallest absolute Gasteiger partial charge is 0.427 e. The largest absolute Gasteiger partial charge is 0.508 e. The Labute approximate surface area is 132 Å². The number of phenolic OH excluding ortho intramolecular Hbond substituents is 1. The molecule has 0 amide bonds. The lowest BCUT2D eigenvalue weighted by Crippen LogP contribution is -2.26. The quantitative estimate of drug-likeness (QED) is 0.575. The fourth-order valence-corrected chi connectivity index (χ4v) is 2.76. The molecule has 0 spiro atoms. The fraction of sp³-hybridized carbons (Fsp3) is 0.200. The number of nitrogens with one attached hydrogen (secondary N) is 1. The normalized spacial score (nSPS) is 17.7. The van der Waals surface area contributed by atoms with E-state index in [-0.39, 0.29) is 23.7 Å². The number of carbonyl (C=O) groups excluding carboxylic acids is 2. The molecule has 1 aliphatic carbocycles. The second-order valence-electron chi connectivity index (χ2n) is 5.13. The Morgan fingerprint density at radius 1 is 1.22 bits per heavy atom. The van der Waals surface area contributed by atoms with Crippen molar-refractivity contribution in [2.75, 3.05) is 0 Å². The second kappa shape index (κ2) is 6.91. The number of benzene rings is 1. The van der Waals surface area contributed by atoms with Crippen molar-refractivity contribution in [3.05, 3.63) is 53.8 Å². The van der Waals surface area contributed by atoms with Crippen molar-refractivity contribution in [3.63, 3.8) is 0 Å². The SMILES string of the molecule is O=C1C=CC(C(=O)CCc2ccc(O)cc2)C(NP(=O)(O)O)=C1. The highest BCUT2D eigenvalue weighted by molar-refractivity contribution is 7.49. The molecule has 1 aromatic carbocycles. The van der Waals surface area contributed by atoms with Crippen LogP contribution in [0.3, 0.4) is 0 Å². The molecular weight excluding hydrogens is 321 g/mol. The molecule has 0 radical (unpaired) electrons. The van der Waals surface area contributed by atoms with E-state index >= 15 is 0 Å². The zero-order valence-corrected chi connectivity index (χ0v) is 12.9. The Balaban J connectivity index is 2.05. The van der Waals surface area contributed by atoms with Crippen molar-refractivity contribution < 1.29 is 29.0 Å². The number of Topliss-reactive ketones (excluding diaryl/α,β-unsaturated/α-hetero) is 1. The van der Waals surface area contributed by atoms with E-state index in [1.807, 2.05) is 5.09 Å². The third kappa shape index (κ3) is 5.17. The molecule has 0 bridgehead atoms. The van der Waals surface area contributed by atoms with E-state index in [4.69, 9.17) is 9.79 Å². The van der Waals surface area contributed by atoms with Gasteiger partial charge in [-0.15, -0.1) is 0 Å². The zero-order chi connectivity index (χ0) is 17.0. The van der Waals surface area contributed by atoms with Gasteiger partial charge in [0.25, 0.3) is 0 Å². The summed E-state index contributed by atoms with van der Waals surface area (Å²) in [6.07, 6.45) is 4.10. The van der Waals surface area contributed by atoms with Crippen molar-refractivity contribution in [2.24, 2.45) is 5.92 Å². The molecule has 0 saturated heterocycles.